The molecule has 2 unspecified atom stereocenters. The number of aliphatic hydroxyl groups is 1. The van der Waals surface area contributed by atoms with Gasteiger partial charge in [-0.05, 0) is 51.1 Å². The number of fused-ring (bicyclic) bond motifs is 1. The van der Waals surface area contributed by atoms with Crippen molar-refractivity contribution in [2.24, 2.45) is 0 Å². The fourth-order valence-corrected chi connectivity index (χ4v) is 4.80. The lowest BCUT2D eigenvalue weighted by Gasteiger charge is -2.25. The Bertz CT molecular complexity index is 974. The Morgan fingerprint density at radius 1 is 1.40 bits per heavy atom. The number of benzene rings is 1. The van der Waals surface area contributed by atoms with E-state index in [1.165, 1.54) is 11.0 Å². The first-order valence-electron chi connectivity index (χ1n) is 10.1. The molecule has 2 amide bonds. The predicted octanol–water partition coefficient (Wildman–Crippen LogP) is 3.38. The number of carbonyl (C=O) groups excluding carboxylic acids is 2. The van der Waals surface area contributed by atoms with E-state index in [0.717, 1.165) is 25.8 Å². The van der Waals surface area contributed by atoms with Crippen LogP contribution >= 0.6 is 23.8 Å². The fraction of sp³-hybridized carbons (Fsp3) is 0.409. The number of anilines is 1. The van der Waals surface area contributed by atoms with Crippen LogP contribution in [0.15, 0.2) is 41.0 Å². The van der Waals surface area contributed by atoms with Gasteiger partial charge in [0, 0.05) is 45.7 Å². The molecule has 2 heterocycles. The normalized spacial score (nSPS) is 24.0. The van der Waals surface area contributed by atoms with E-state index in [-0.39, 0.29) is 5.91 Å². The minimum atomic E-state index is -1.09. The van der Waals surface area contributed by atoms with Gasteiger partial charge in [0.05, 0.1) is 5.57 Å². The first-order chi connectivity index (χ1) is 14.4. The van der Waals surface area contributed by atoms with Crippen molar-refractivity contribution in [1.29, 1.82) is 0 Å². The molecular formula is C22H24ClN3O3S. The highest BCUT2D eigenvalue weighted by molar-refractivity contribution is 7.81. The van der Waals surface area contributed by atoms with Crippen LogP contribution < -0.4 is 5.32 Å². The molecule has 1 aliphatic carbocycles. The minimum Gasteiger partial charge on any atom is -0.369 e. The maximum Gasteiger partial charge on any atom is 0.256 e. The lowest BCUT2D eigenvalue weighted by atomic mass is 10.0. The summed E-state index contributed by atoms with van der Waals surface area (Å²) in [6, 6.07) is 5.49. The second kappa shape index (κ2) is 8.59. The molecule has 30 heavy (non-hydrogen) atoms. The van der Waals surface area contributed by atoms with E-state index < -0.39 is 12.1 Å². The van der Waals surface area contributed by atoms with Gasteiger partial charge in [-0.3, -0.25) is 9.59 Å². The smallest absolute Gasteiger partial charge is 0.256 e. The van der Waals surface area contributed by atoms with Crippen molar-refractivity contribution in [3.05, 3.63) is 52.1 Å². The zero-order valence-electron chi connectivity index (χ0n) is 16.7. The van der Waals surface area contributed by atoms with Crippen molar-refractivity contribution in [2.45, 2.75) is 38.0 Å². The van der Waals surface area contributed by atoms with Gasteiger partial charge in [-0.1, -0.05) is 36.0 Å². The number of carbonyl (C=O) groups is 2. The molecule has 0 radical (unpaired) electrons. The molecule has 6 nitrogen and oxygen atoms in total. The van der Waals surface area contributed by atoms with E-state index in [9.17, 15) is 14.7 Å². The summed E-state index contributed by atoms with van der Waals surface area (Å²) in [5.41, 5.74) is 1.58. The Balaban J connectivity index is 1.53. The summed E-state index contributed by atoms with van der Waals surface area (Å²) in [5.74, 6) is -0.613. The molecule has 2 N–H and O–H groups in total. The lowest BCUT2D eigenvalue weighted by molar-refractivity contribution is -0.112. The second-order valence-electron chi connectivity index (χ2n) is 7.93. The molecule has 158 valence electrons. The summed E-state index contributed by atoms with van der Waals surface area (Å²) < 4.78 is 0. The standard InChI is InChI=1S/C22H24ClN3O3S/c1-25-10-3-4-14(25)9-11-26-21(28)15-5-2-6-17(19(15)22(26)29)24-20(27)16-12-13(23)7-8-18(16)30/h2,5-7,12,14,22,29H,3-4,8-11H2,1H3,(H,24,27). The van der Waals surface area contributed by atoms with Crippen molar-refractivity contribution in [1.82, 2.24) is 9.80 Å². The molecule has 2 aliphatic heterocycles. The Hall–Kier alpha value is -2.06. The lowest BCUT2D eigenvalue weighted by Crippen LogP contribution is -2.34. The third-order valence-corrected chi connectivity index (χ3v) is 6.73. The molecule has 8 heteroatoms. The van der Waals surface area contributed by atoms with E-state index in [1.807, 2.05) is 0 Å². The molecule has 1 aromatic rings. The van der Waals surface area contributed by atoms with Crippen molar-refractivity contribution < 1.29 is 14.7 Å². The minimum absolute atomic E-state index is 0.215. The second-order valence-corrected chi connectivity index (χ2v) is 8.86. The molecule has 0 saturated carbocycles. The summed E-state index contributed by atoms with van der Waals surface area (Å²) in [5, 5.41) is 14.2. The van der Waals surface area contributed by atoms with E-state index in [0.29, 0.717) is 51.3 Å². The molecule has 1 saturated heterocycles. The van der Waals surface area contributed by atoms with Gasteiger partial charge >= 0.3 is 0 Å². The zero-order chi connectivity index (χ0) is 21.4. The van der Waals surface area contributed by atoms with Gasteiger partial charge in [0.15, 0.2) is 6.23 Å². The number of allylic oxidation sites excluding steroid dienone is 3. The molecule has 0 bridgehead atoms. The summed E-state index contributed by atoms with van der Waals surface area (Å²) in [7, 11) is 2.09. The number of halogens is 1. The van der Waals surface area contributed by atoms with Crippen molar-refractivity contribution >= 4 is 46.2 Å². The predicted molar refractivity (Wildman–Crippen MR) is 121 cm³/mol. The summed E-state index contributed by atoms with van der Waals surface area (Å²) >= 11 is 11.3. The third kappa shape index (κ3) is 3.95. The molecule has 4 rings (SSSR count). The number of amides is 2. The third-order valence-electron chi connectivity index (χ3n) is 6.08. The largest absolute Gasteiger partial charge is 0.369 e. The van der Waals surface area contributed by atoms with Crippen molar-refractivity contribution in [3.8, 4) is 0 Å². The van der Waals surface area contributed by atoms with Crippen LogP contribution in [0, 0.1) is 0 Å². The van der Waals surface area contributed by atoms with Crippen LogP contribution in [0.4, 0.5) is 5.69 Å². The highest BCUT2D eigenvalue weighted by Gasteiger charge is 2.38. The number of hydrogen-bond donors (Lipinski definition) is 2. The number of nitrogens with zero attached hydrogens (tertiary/aromatic N) is 2. The van der Waals surface area contributed by atoms with Crippen LogP contribution in [0.3, 0.4) is 0 Å². The van der Waals surface area contributed by atoms with Crippen molar-refractivity contribution in [3.63, 3.8) is 0 Å². The van der Waals surface area contributed by atoms with Gasteiger partial charge in [-0.25, -0.2) is 0 Å². The SMILES string of the molecule is CN1CCCC1CCN1C(=O)c2cccc(NC(=O)C3=CC(Cl)=CCC3=S)c2C1O. The van der Waals surface area contributed by atoms with E-state index in [4.69, 9.17) is 23.8 Å². The highest BCUT2D eigenvalue weighted by Crippen LogP contribution is 2.37. The van der Waals surface area contributed by atoms with Gasteiger partial charge in [-0.15, -0.1) is 0 Å². The van der Waals surface area contributed by atoms with Gasteiger partial charge < -0.3 is 20.2 Å². The molecule has 2 atom stereocenters. The quantitative estimate of drug-likeness (QED) is 0.680. The Morgan fingerprint density at radius 2 is 2.20 bits per heavy atom. The molecule has 1 fully saturated rings. The fourth-order valence-electron chi connectivity index (χ4n) is 4.38. The maximum atomic E-state index is 12.9. The van der Waals surface area contributed by atoms with Crippen LogP contribution in [0.25, 0.3) is 0 Å². The summed E-state index contributed by atoms with van der Waals surface area (Å²) in [4.78, 5) is 30.0. The monoisotopic (exact) mass is 445 g/mol. The summed E-state index contributed by atoms with van der Waals surface area (Å²) in [6.45, 7) is 1.53. The van der Waals surface area contributed by atoms with Crippen LogP contribution in [0.2, 0.25) is 0 Å². The molecule has 3 aliphatic rings. The molecule has 1 aromatic carbocycles. The number of nitrogens with one attached hydrogen (secondary N) is 1. The van der Waals surface area contributed by atoms with Crippen LogP contribution in [-0.4, -0.2) is 57.8 Å². The molecule has 0 spiro atoms. The number of likely N-dealkylation sites (tertiary alicyclic amines) is 1. The van der Waals surface area contributed by atoms with Crippen LogP contribution in [0.1, 0.15) is 47.8 Å². The zero-order valence-corrected chi connectivity index (χ0v) is 18.3. The average molecular weight is 446 g/mol. The maximum absolute atomic E-state index is 12.9. The van der Waals surface area contributed by atoms with E-state index in [2.05, 4.69) is 17.3 Å². The number of aliphatic hydroxyl groups excluding tert-OH is 1. The number of rotatable bonds is 5. The van der Waals surface area contributed by atoms with E-state index in [1.54, 1.807) is 24.3 Å². The first kappa shape index (κ1) is 21.2. The first-order valence-corrected chi connectivity index (χ1v) is 10.9. The summed E-state index contributed by atoms with van der Waals surface area (Å²) in [6.07, 6.45) is 5.71. The topological polar surface area (TPSA) is 72.9 Å². The molecular weight excluding hydrogens is 422 g/mol. The average Bonchev–Trinajstić information content (AvgIpc) is 3.23. The Kier molecular flexibility index (Phi) is 6.06. The Labute approximate surface area is 186 Å². The Morgan fingerprint density at radius 3 is 2.93 bits per heavy atom. The van der Waals surface area contributed by atoms with E-state index >= 15 is 0 Å². The molecule has 0 aromatic heterocycles. The van der Waals surface area contributed by atoms with Gasteiger partial charge in [0.2, 0.25) is 0 Å². The highest BCUT2D eigenvalue weighted by atomic mass is 35.5. The van der Waals surface area contributed by atoms with Gasteiger partial charge in [0.1, 0.15) is 0 Å². The number of hydrogen-bond acceptors (Lipinski definition) is 5. The van der Waals surface area contributed by atoms with Gasteiger partial charge in [-0.2, -0.15) is 0 Å². The van der Waals surface area contributed by atoms with Crippen LogP contribution in [-0.2, 0) is 4.79 Å². The van der Waals surface area contributed by atoms with Crippen LogP contribution in [0.5, 0.6) is 0 Å². The number of thiocarbonyl (C=S) groups is 1. The van der Waals surface area contributed by atoms with Gasteiger partial charge in [0.25, 0.3) is 11.8 Å². The van der Waals surface area contributed by atoms with Crippen molar-refractivity contribution in [2.75, 3.05) is 25.5 Å².